The summed E-state index contributed by atoms with van der Waals surface area (Å²) in [5.41, 5.74) is 4.49. The fraction of sp³-hybridized carbons (Fsp3) is 0.273. The van der Waals surface area contributed by atoms with Crippen LogP contribution in [0.25, 0.3) is 0 Å². The number of rotatable bonds is 3. The molecule has 1 rings (SSSR count). The van der Waals surface area contributed by atoms with E-state index in [1.165, 1.54) is 0 Å². The number of amides is 2. The summed E-state index contributed by atoms with van der Waals surface area (Å²) in [4.78, 5) is 19.2. The van der Waals surface area contributed by atoms with E-state index in [9.17, 15) is 4.79 Å². The summed E-state index contributed by atoms with van der Waals surface area (Å²) >= 11 is 0. The SMILES string of the molecule is CC(C)Oc1ccccc1NC(=O)O.NC(=O)O. The number of benzene rings is 1. The Morgan fingerprint density at radius 1 is 1.28 bits per heavy atom. The van der Waals surface area contributed by atoms with E-state index in [4.69, 9.17) is 19.7 Å². The molecule has 2 amide bonds. The molecule has 0 radical (unpaired) electrons. The average molecular weight is 256 g/mol. The van der Waals surface area contributed by atoms with Crippen molar-refractivity contribution in [1.29, 1.82) is 0 Å². The first kappa shape index (κ1) is 15.6. The van der Waals surface area contributed by atoms with E-state index in [-0.39, 0.29) is 6.10 Å². The zero-order chi connectivity index (χ0) is 14.1. The third-order valence-corrected chi connectivity index (χ3v) is 1.49. The van der Waals surface area contributed by atoms with Crippen molar-refractivity contribution in [1.82, 2.24) is 0 Å². The molecule has 0 unspecified atom stereocenters. The number of primary amides is 1. The molecule has 0 bridgehead atoms. The maximum absolute atomic E-state index is 10.4. The topological polar surface area (TPSA) is 122 Å². The minimum atomic E-state index is -1.33. The maximum atomic E-state index is 10.4. The van der Waals surface area contributed by atoms with Gasteiger partial charge in [0.15, 0.2) is 0 Å². The van der Waals surface area contributed by atoms with Gasteiger partial charge in [0.25, 0.3) is 0 Å². The second kappa shape index (κ2) is 7.77. The molecular weight excluding hydrogens is 240 g/mol. The van der Waals surface area contributed by atoms with Gasteiger partial charge >= 0.3 is 12.2 Å². The van der Waals surface area contributed by atoms with Gasteiger partial charge in [-0.1, -0.05) is 12.1 Å². The zero-order valence-corrected chi connectivity index (χ0v) is 10.1. The summed E-state index contributed by atoms with van der Waals surface area (Å²) in [6.07, 6.45) is -2.41. The highest BCUT2D eigenvalue weighted by Gasteiger charge is 2.06. The predicted octanol–water partition coefficient (Wildman–Crippen LogP) is 2.19. The molecule has 100 valence electrons. The lowest BCUT2D eigenvalue weighted by Crippen LogP contribution is -2.11. The third-order valence-electron chi connectivity index (χ3n) is 1.49. The first-order valence-electron chi connectivity index (χ1n) is 5.07. The van der Waals surface area contributed by atoms with Crippen molar-refractivity contribution >= 4 is 17.9 Å². The van der Waals surface area contributed by atoms with E-state index in [0.717, 1.165) is 0 Å². The highest BCUT2D eigenvalue weighted by atomic mass is 16.5. The van der Waals surface area contributed by atoms with Gasteiger partial charge in [0, 0.05) is 0 Å². The second-order valence-corrected chi connectivity index (χ2v) is 3.43. The van der Waals surface area contributed by atoms with Crippen molar-refractivity contribution in [3.63, 3.8) is 0 Å². The number of carbonyl (C=O) groups is 2. The number of para-hydroxylation sites is 2. The van der Waals surface area contributed by atoms with Crippen molar-refractivity contribution < 1.29 is 24.5 Å². The van der Waals surface area contributed by atoms with E-state index in [1.54, 1.807) is 24.3 Å². The molecule has 0 heterocycles. The first-order chi connectivity index (χ1) is 8.32. The Labute approximate surface area is 104 Å². The van der Waals surface area contributed by atoms with Gasteiger partial charge in [-0.2, -0.15) is 0 Å². The molecule has 7 heteroatoms. The minimum absolute atomic E-state index is 0.0201. The van der Waals surface area contributed by atoms with Crippen molar-refractivity contribution in [3.8, 4) is 5.75 Å². The van der Waals surface area contributed by atoms with E-state index in [0.29, 0.717) is 11.4 Å². The number of nitrogens with two attached hydrogens (primary N) is 1. The van der Waals surface area contributed by atoms with Gasteiger partial charge in [-0.3, -0.25) is 5.32 Å². The van der Waals surface area contributed by atoms with Crippen LogP contribution in [0, 0.1) is 0 Å². The highest BCUT2D eigenvalue weighted by molar-refractivity contribution is 5.85. The molecule has 7 nitrogen and oxygen atoms in total. The van der Waals surface area contributed by atoms with Crippen LogP contribution in [0.5, 0.6) is 5.75 Å². The predicted molar refractivity (Wildman–Crippen MR) is 66.1 cm³/mol. The molecule has 5 N–H and O–H groups in total. The average Bonchev–Trinajstić information content (AvgIpc) is 2.18. The molecule has 0 aromatic heterocycles. The van der Waals surface area contributed by atoms with Gasteiger partial charge in [0.2, 0.25) is 0 Å². The lowest BCUT2D eigenvalue weighted by atomic mass is 10.3. The lowest BCUT2D eigenvalue weighted by Gasteiger charge is -2.13. The number of nitrogens with one attached hydrogen (secondary N) is 1. The minimum Gasteiger partial charge on any atom is -0.489 e. The first-order valence-corrected chi connectivity index (χ1v) is 5.07. The van der Waals surface area contributed by atoms with Gasteiger partial charge in [0.05, 0.1) is 11.8 Å². The van der Waals surface area contributed by atoms with Crippen LogP contribution in [-0.4, -0.2) is 28.5 Å². The standard InChI is InChI=1S/C10H13NO3.CH3NO2/c1-7(2)14-9-6-4-3-5-8(9)11-10(12)13;2-1(3)4/h3-7,11H,1-2H3,(H,12,13);2H2,(H,3,4). The molecule has 0 aliphatic carbocycles. The number of hydrogen-bond donors (Lipinski definition) is 4. The molecule has 0 fully saturated rings. The number of carboxylic acid groups (broad SMARTS) is 2. The second-order valence-electron chi connectivity index (χ2n) is 3.43. The monoisotopic (exact) mass is 256 g/mol. The lowest BCUT2D eigenvalue weighted by molar-refractivity contribution is 0.205. The molecule has 0 aliphatic heterocycles. The highest BCUT2D eigenvalue weighted by Crippen LogP contribution is 2.24. The normalized spacial score (nSPS) is 9.06. The van der Waals surface area contributed by atoms with Crippen molar-refractivity contribution in [2.75, 3.05) is 5.32 Å². The Morgan fingerprint density at radius 2 is 1.78 bits per heavy atom. The molecule has 0 spiro atoms. The zero-order valence-electron chi connectivity index (χ0n) is 10.1. The Hall–Kier alpha value is -2.44. The van der Waals surface area contributed by atoms with Crippen LogP contribution in [-0.2, 0) is 0 Å². The van der Waals surface area contributed by atoms with E-state index in [1.807, 2.05) is 13.8 Å². The molecule has 1 aromatic rings. The van der Waals surface area contributed by atoms with Crippen LogP contribution >= 0.6 is 0 Å². The van der Waals surface area contributed by atoms with E-state index in [2.05, 4.69) is 11.1 Å². The van der Waals surface area contributed by atoms with Crippen LogP contribution in [0.1, 0.15) is 13.8 Å². The van der Waals surface area contributed by atoms with Crippen LogP contribution < -0.4 is 15.8 Å². The fourth-order valence-corrected chi connectivity index (χ4v) is 1.04. The number of hydrogen-bond acceptors (Lipinski definition) is 3. The molecule has 0 saturated carbocycles. The summed E-state index contributed by atoms with van der Waals surface area (Å²) < 4.78 is 5.42. The van der Waals surface area contributed by atoms with Gasteiger partial charge in [-0.15, -0.1) is 0 Å². The van der Waals surface area contributed by atoms with Crippen molar-refractivity contribution in [3.05, 3.63) is 24.3 Å². The molecule has 0 atom stereocenters. The summed E-state index contributed by atoms with van der Waals surface area (Å²) in [6, 6.07) is 6.93. The Balaban J connectivity index is 0.000000631. The molecule has 1 aromatic carbocycles. The van der Waals surface area contributed by atoms with Crippen LogP contribution in [0.4, 0.5) is 15.3 Å². The van der Waals surface area contributed by atoms with Crippen molar-refractivity contribution in [2.45, 2.75) is 20.0 Å². The Bertz CT molecular complexity index is 402. The smallest absolute Gasteiger partial charge is 0.409 e. The third kappa shape index (κ3) is 7.80. The molecule has 0 aliphatic rings. The Morgan fingerprint density at radius 3 is 2.22 bits per heavy atom. The quantitative estimate of drug-likeness (QED) is 0.660. The number of anilines is 1. The van der Waals surface area contributed by atoms with Crippen LogP contribution in [0.2, 0.25) is 0 Å². The van der Waals surface area contributed by atoms with Gasteiger partial charge in [-0.05, 0) is 26.0 Å². The number of ether oxygens (including phenoxy) is 1. The molecule has 0 saturated heterocycles. The van der Waals surface area contributed by atoms with Crippen molar-refractivity contribution in [2.24, 2.45) is 5.73 Å². The van der Waals surface area contributed by atoms with Gasteiger partial charge in [0.1, 0.15) is 5.75 Å². The Kier molecular flexibility index (Phi) is 6.72. The van der Waals surface area contributed by atoms with Crippen LogP contribution in [0.15, 0.2) is 24.3 Å². The van der Waals surface area contributed by atoms with Gasteiger partial charge in [-0.25, -0.2) is 9.59 Å². The summed E-state index contributed by atoms with van der Waals surface area (Å²) in [5, 5.41) is 18.0. The fourth-order valence-electron chi connectivity index (χ4n) is 1.04. The van der Waals surface area contributed by atoms with E-state index < -0.39 is 12.2 Å². The maximum Gasteiger partial charge on any atom is 0.409 e. The largest absolute Gasteiger partial charge is 0.489 e. The molecule has 18 heavy (non-hydrogen) atoms. The molecular formula is C11H16N2O5. The summed E-state index contributed by atoms with van der Waals surface area (Å²) in [6.45, 7) is 3.77. The van der Waals surface area contributed by atoms with Crippen LogP contribution in [0.3, 0.4) is 0 Å². The summed E-state index contributed by atoms with van der Waals surface area (Å²) in [7, 11) is 0. The van der Waals surface area contributed by atoms with Gasteiger partial charge < -0.3 is 20.7 Å². The van der Waals surface area contributed by atoms with E-state index >= 15 is 0 Å². The summed E-state index contributed by atoms with van der Waals surface area (Å²) in [5.74, 6) is 0.546.